The molecular weight excluding hydrogens is 254 g/mol. The van der Waals surface area contributed by atoms with Gasteiger partial charge >= 0.3 is 0 Å². The molecule has 0 unspecified atom stereocenters. The number of anilines is 1. The molecule has 2 rings (SSSR count). The van der Waals surface area contributed by atoms with Crippen molar-refractivity contribution in [2.45, 2.75) is 23.9 Å². The van der Waals surface area contributed by atoms with E-state index in [1.807, 2.05) is 7.05 Å². The zero-order valence-corrected chi connectivity index (χ0v) is 11.4. The molecule has 0 spiro atoms. The summed E-state index contributed by atoms with van der Waals surface area (Å²) in [6.07, 6.45) is 3.80. The van der Waals surface area contributed by atoms with Gasteiger partial charge in [-0.25, -0.2) is 18.1 Å². The molecule has 1 aliphatic rings. The molecule has 1 fully saturated rings. The van der Waals surface area contributed by atoms with E-state index in [1.165, 1.54) is 23.7 Å². The molecule has 7 nitrogen and oxygen atoms in total. The largest absolute Gasteiger partial charge is 0.381 e. The van der Waals surface area contributed by atoms with E-state index in [9.17, 15) is 8.42 Å². The van der Waals surface area contributed by atoms with Gasteiger partial charge in [0.25, 0.3) is 10.0 Å². The number of aromatic nitrogens is 2. The average Bonchev–Trinajstić information content (AvgIpc) is 3.05. The lowest BCUT2D eigenvalue weighted by atomic mass is 10.5. The predicted molar refractivity (Wildman–Crippen MR) is 68.5 cm³/mol. The van der Waals surface area contributed by atoms with Crippen LogP contribution in [0.2, 0.25) is 0 Å². The Morgan fingerprint density at radius 3 is 2.78 bits per heavy atom. The van der Waals surface area contributed by atoms with Crippen molar-refractivity contribution < 1.29 is 8.42 Å². The predicted octanol–water partition coefficient (Wildman–Crippen LogP) is -0.625. The maximum Gasteiger partial charge on any atom is 0.260 e. The van der Waals surface area contributed by atoms with Crippen molar-refractivity contribution in [3.05, 3.63) is 6.33 Å². The van der Waals surface area contributed by atoms with E-state index in [4.69, 9.17) is 5.73 Å². The Labute approximate surface area is 107 Å². The number of rotatable bonds is 6. The molecule has 0 atom stereocenters. The van der Waals surface area contributed by atoms with Crippen LogP contribution < -0.4 is 10.5 Å². The Hall–Kier alpha value is -1.12. The van der Waals surface area contributed by atoms with Crippen molar-refractivity contribution in [2.75, 3.05) is 25.9 Å². The van der Waals surface area contributed by atoms with Gasteiger partial charge < -0.3 is 15.2 Å². The second-order valence-electron chi connectivity index (χ2n) is 4.66. The van der Waals surface area contributed by atoms with Gasteiger partial charge in [-0.15, -0.1) is 0 Å². The minimum Gasteiger partial charge on any atom is -0.381 e. The average molecular weight is 273 g/mol. The normalized spacial score (nSPS) is 16.4. The highest BCUT2D eigenvalue weighted by atomic mass is 32.2. The van der Waals surface area contributed by atoms with Gasteiger partial charge in [-0.1, -0.05) is 0 Å². The van der Waals surface area contributed by atoms with Crippen LogP contribution in [0.1, 0.15) is 12.8 Å². The van der Waals surface area contributed by atoms with Crippen molar-refractivity contribution in [3.8, 4) is 0 Å². The first-order chi connectivity index (χ1) is 8.42. The zero-order chi connectivity index (χ0) is 13.3. The monoisotopic (exact) mass is 273 g/mol. The van der Waals surface area contributed by atoms with Crippen LogP contribution in [0.15, 0.2) is 11.4 Å². The quantitative estimate of drug-likeness (QED) is 0.720. The molecule has 0 aliphatic heterocycles. The lowest BCUT2D eigenvalue weighted by Gasteiger charge is -2.15. The SMILES string of the molecule is CN(CCNS(=O)(=O)c1c(N)ncn1C)C1CC1. The minimum absolute atomic E-state index is 0.0246. The van der Waals surface area contributed by atoms with Gasteiger partial charge in [0, 0.05) is 26.2 Å². The van der Waals surface area contributed by atoms with Crippen LogP contribution >= 0.6 is 0 Å². The lowest BCUT2D eigenvalue weighted by Crippen LogP contribution is -2.34. The van der Waals surface area contributed by atoms with Crippen LogP contribution in [-0.4, -0.2) is 49.0 Å². The van der Waals surface area contributed by atoms with Crippen LogP contribution in [0.4, 0.5) is 5.82 Å². The number of hydrogen-bond donors (Lipinski definition) is 2. The van der Waals surface area contributed by atoms with E-state index >= 15 is 0 Å². The Morgan fingerprint density at radius 1 is 1.61 bits per heavy atom. The minimum atomic E-state index is -3.58. The van der Waals surface area contributed by atoms with Crippen LogP contribution in [0.3, 0.4) is 0 Å². The van der Waals surface area contributed by atoms with E-state index in [-0.39, 0.29) is 10.8 Å². The molecule has 0 amide bonds. The highest BCUT2D eigenvalue weighted by molar-refractivity contribution is 7.89. The molecular formula is C10H19N5O2S. The van der Waals surface area contributed by atoms with Crippen LogP contribution in [0.5, 0.6) is 0 Å². The summed E-state index contributed by atoms with van der Waals surface area (Å²) in [6.45, 7) is 1.07. The molecule has 0 saturated heterocycles. The molecule has 0 bridgehead atoms. The van der Waals surface area contributed by atoms with Crippen molar-refractivity contribution in [3.63, 3.8) is 0 Å². The highest BCUT2D eigenvalue weighted by Gasteiger charge is 2.26. The molecule has 102 valence electrons. The molecule has 1 aromatic heterocycles. The maximum absolute atomic E-state index is 12.0. The van der Waals surface area contributed by atoms with Crippen molar-refractivity contribution in [1.82, 2.24) is 19.2 Å². The fraction of sp³-hybridized carbons (Fsp3) is 0.700. The molecule has 0 aromatic carbocycles. The summed E-state index contributed by atoms with van der Waals surface area (Å²) in [6, 6.07) is 0.622. The standard InChI is InChI=1S/C10H19N5O2S/c1-14(8-3-4-8)6-5-13-18(16,17)10-9(11)12-7-15(10)2/h7-8,13H,3-6,11H2,1-2H3. The number of imidazole rings is 1. The number of sulfonamides is 1. The first-order valence-electron chi connectivity index (χ1n) is 5.88. The van der Waals surface area contributed by atoms with Crippen LogP contribution in [-0.2, 0) is 17.1 Å². The smallest absolute Gasteiger partial charge is 0.260 e. The Bertz CT molecular complexity index is 501. The molecule has 1 saturated carbocycles. The second-order valence-corrected chi connectivity index (χ2v) is 6.34. The maximum atomic E-state index is 12.0. The number of hydrogen-bond acceptors (Lipinski definition) is 5. The highest BCUT2D eigenvalue weighted by Crippen LogP contribution is 2.24. The molecule has 8 heteroatoms. The van der Waals surface area contributed by atoms with Gasteiger partial charge in [0.1, 0.15) is 0 Å². The fourth-order valence-electron chi connectivity index (χ4n) is 1.89. The van der Waals surface area contributed by atoms with Gasteiger partial charge in [0.15, 0.2) is 10.8 Å². The summed E-state index contributed by atoms with van der Waals surface area (Å²) in [5, 5.41) is 0.0246. The van der Waals surface area contributed by atoms with Crippen LogP contribution in [0.25, 0.3) is 0 Å². The third kappa shape index (κ3) is 2.82. The molecule has 18 heavy (non-hydrogen) atoms. The number of nitrogens with one attached hydrogen (secondary N) is 1. The third-order valence-corrected chi connectivity index (χ3v) is 4.68. The van der Waals surface area contributed by atoms with Gasteiger partial charge in [-0.3, -0.25) is 0 Å². The number of aryl methyl sites for hydroxylation is 1. The molecule has 1 aliphatic carbocycles. The molecule has 0 radical (unpaired) electrons. The van der Waals surface area contributed by atoms with Crippen molar-refractivity contribution >= 4 is 15.8 Å². The second kappa shape index (κ2) is 4.87. The first-order valence-corrected chi connectivity index (χ1v) is 7.37. The Balaban J connectivity index is 1.95. The van der Waals surface area contributed by atoms with E-state index in [0.717, 1.165) is 0 Å². The van der Waals surface area contributed by atoms with Gasteiger partial charge in [0.2, 0.25) is 0 Å². The molecule has 1 aromatic rings. The van der Waals surface area contributed by atoms with E-state index in [2.05, 4.69) is 14.6 Å². The lowest BCUT2D eigenvalue weighted by molar-refractivity contribution is 0.329. The van der Waals surface area contributed by atoms with Gasteiger partial charge in [-0.05, 0) is 19.9 Å². The zero-order valence-electron chi connectivity index (χ0n) is 10.6. The molecule has 3 N–H and O–H groups in total. The summed E-state index contributed by atoms with van der Waals surface area (Å²) in [5.41, 5.74) is 5.56. The number of nitrogen functional groups attached to an aromatic ring is 1. The van der Waals surface area contributed by atoms with Gasteiger partial charge in [0.05, 0.1) is 6.33 Å². The summed E-state index contributed by atoms with van der Waals surface area (Å²) in [7, 11) is 0.0293. The summed E-state index contributed by atoms with van der Waals surface area (Å²) < 4.78 is 28.0. The fourth-order valence-corrected chi connectivity index (χ4v) is 3.14. The van der Waals surface area contributed by atoms with Crippen molar-refractivity contribution in [2.24, 2.45) is 7.05 Å². The van der Waals surface area contributed by atoms with Crippen LogP contribution in [0, 0.1) is 0 Å². The summed E-state index contributed by atoms with van der Waals surface area (Å²) in [4.78, 5) is 5.94. The summed E-state index contributed by atoms with van der Waals surface area (Å²) >= 11 is 0. The number of likely N-dealkylation sites (N-methyl/N-ethyl adjacent to an activating group) is 1. The Morgan fingerprint density at radius 2 is 2.28 bits per heavy atom. The third-order valence-electron chi connectivity index (χ3n) is 3.09. The van der Waals surface area contributed by atoms with Gasteiger partial charge in [-0.2, -0.15) is 0 Å². The number of nitrogens with two attached hydrogens (primary N) is 1. The Kier molecular flexibility index (Phi) is 3.60. The molecule has 1 heterocycles. The van der Waals surface area contributed by atoms with E-state index in [1.54, 1.807) is 7.05 Å². The van der Waals surface area contributed by atoms with Crippen molar-refractivity contribution in [1.29, 1.82) is 0 Å². The number of nitrogens with zero attached hydrogens (tertiary/aromatic N) is 3. The van der Waals surface area contributed by atoms with E-state index in [0.29, 0.717) is 19.1 Å². The summed E-state index contributed by atoms with van der Waals surface area (Å²) in [5.74, 6) is 0.0283. The van der Waals surface area contributed by atoms with E-state index < -0.39 is 10.0 Å². The topological polar surface area (TPSA) is 93.2 Å². The first kappa shape index (κ1) is 13.3.